The molecule has 0 aliphatic rings. The van der Waals surface area contributed by atoms with Crippen molar-refractivity contribution in [1.82, 2.24) is 19.7 Å². The first-order chi connectivity index (χ1) is 9.38. The fraction of sp³-hybridized carbons (Fsp3) is 0.467. The van der Waals surface area contributed by atoms with E-state index in [1.807, 2.05) is 17.8 Å². The molecule has 2 aromatic rings. The van der Waals surface area contributed by atoms with Gasteiger partial charge in [-0.1, -0.05) is 34.1 Å². The molecule has 5 heteroatoms. The molecular weight excluding hydrogens is 316 g/mol. The summed E-state index contributed by atoms with van der Waals surface area (Å²) in [6.45, 7) is 8.32. The van der Waals surface area contributed by atoms with E-state index in [1.54, 1.807) is 6.33 Å². The molecule has 1 aromatic heterocycles. The van der Waals surface area contributed by atoms with Crippen LogP contribution in [0.15, 0.2) is 35.1 Å². The topological polar surface area (TPSA) is 34.0 Å². The van der Waals surface area contributed by atoms with E-state index in [9.17, 15) is 0 Å². The number of benzene rings is 1. The number of hydrogen-bond acceptors (Lipinski definition) is 3. The zero-order valence-corrected chi connectivity index (χ0v) is 14.1. The summed E-state index contributed by atoms with van der Waals surface area (Å²) in [5.41, 5.74) is 1.34. The highest BCUT2D eigenvalue weighted by Gasteiger charge is 2.23. The normalized spacial score (nSPS) is 12.1. The lowest BCUT2D eigenvalue weighted by Gasteiger charge is -2.35. The molecule has 1 aromatic carbocycles. The molecule has 108 valence electrons. The van der Waals surface area contributed by atoms with Crippen LogP contribution in [-0.2, 0) is 20.1 Å². The first-order valence-electron chi connectivity index (χ1n) is 6.69. The summed E-state index contributed by atoms with van der Waals surface area (Å²) in [6, 6.07) is 8.35. The third-order valence-corrected chi connectivity index (χ3v) is 4.18. The van der Waals surface area contributed by atoms with Crippen LogP contribution in [-0.4, -0.2) is 25.2 Å². The fourth-order valence-electron chi connectivity index (χ4n) is 2.00. The van der Waals surface area contributed by atoms with Crippen LogP contribution in [0.5, 0.6) is 0 Å². The first kappa shape index (κ1) is 15.2. The van der Waals surface area contributed by atoms with Crippen LogP contribution >= 0.6 is 15.9 Å². The zero-order chi connectivity index (χ0) is 14.8. The zero-order valence-electron chi connectivity index (χ0n) is 12.5. The minimum Gasteiger partial charge on any atom is -0.287 e. The van der Waals surface area contributed by atoms with Gasteiger partial charge in [-0.2, -0.15) is 5.10 Å². The van der Waals surface area contributed by atoms with E-state index in [1.165, 1.54) is 5.56 Å². The van der Waals surface area contributed by atoms with Gasteiger partial charge in [0.25, 0.3) is 0 Å². The van der Waals surface area contributed by atoms with Crippen molar-refractivity contribution in [2.75, 3.05) is 0 Å². The highest BCUT2D eigenvalue weighted by molar-refractivity contribution is 9.10. The Balaban J connectivity index is 2.21. The van der Waals surface area contributed by atoms with Gasteiger partial charge >= 0.3 is 0 Å². The molecule has 0 aliphatic heterocycles. The second-order valence-electron chi connectivity index (χ2n) is 5.92. The molecule has 1 heterocycles. The maximum absolute atomic E-state index is 4.33. The van der Waals surface area contributed by atoms with Gasteiger partial charge in [-0.25, -0.2) is 4.98 Å². The van der Waals surface area contributed by atoms with Crippen LogP contribution < -0.4 is 0 Å². The van der Waals surface area contributed by atoms with Crippen molar-refractivity contribution in [3.05, 3.63) is 46.5 Å². The Morgan fingerprint density at radius 2 is 1.90 bits per heavy atom. The summed E-state index contributed by atoms with van der Waals surface area (Å²) < 4.78 is 2.98. The highest BCUT2D eigenvalue weighted by atomic mass is 79.9. The molecule has 0 unspecified atom stereocenters. The molecule has 4 nitrogen and oxygen atoms in total. The fourth-order valence-corrected chi connectivity index (χ4v) is 2.41. The summed E-state index contributed by atoms with van der Waals surface area (Å²) in [7, 11) is 1.93. The van der Waals surface area contributed by atoms with Crippen molar-refractivity contribution in [2.45, 2.75) is 39.4 Å². The Hall–Kier alpha value is -1.20. The lowest BCUT2D eigenvalue weighted by atomic mass is 10.0. The van der Waals surface area contributed by atoms with Crippen LogP contribution in [0.25, 0.3) is 0 Å². The lowest BCUT2D eigenvalue weighted by Crippen LogP contribution is -2.40. The molecular formula is C15H21BrN4. The van der Waals surface area contributed by atoms with E-state index in [0.717, 1.165) is 23.4 Å². The number of halogens is 1. The number of hydrogen-bond donors (Lipinski definition) is 0. The molecule has 0 amide bonds. The molecule has 0 saturated carbocycles. The number of nitrogens with zero attached hydrogens (tertiary/aromatic N) is 4. The van der Waals surface area contributed by atoms with Gasteiger partial charge < -0.3 is 0 Å². The molecule has 2 rings (SSSR count). The predicted molar refractivity (Wildman–Crippen MR) is 84.1 cm³/mol. The van der Waals surface area contributed by atoms with Crippen LogP contribution in [0.1, 0.15) is 32.2 Å². The highest BCUT2D eigenvalue weighted by Crippen LogP contribution is 2.23. The molecule has 0 saturated heterocycles. The standard InChI is InChI=1S/C15H21BrN4/c1-15(2,3)20(10-14-17-11-18-19(14)4)9-12-7-5-6-8-13(12)16/h5-8,11H,9-10H2,1-4H3. The lowest BCUT2D eigenvalue weighted by molar-refractivity contribution is 0.113. The van der Waals surface area contributed by atoms with Crippen molar-refractivity contribution >= 4 is 15.9 Å². The van der Waals surface area contributed by atoms with Gasteiger partial charge in [0.1, 0.15) is 12.2 Å². The number of aryl methyl sites for hydroxylation is 1. The molecule has 0 fully saturated rings. The number of rotatable bonds is 4. The van der Waals surface area contributed by atoms with Gasteiger partial charge in [0, 0.05) is 23.6 Å². The van der Waals surface area contributed by atoms with E-state index in [0.29, 0.717) is 0 Å². The Bertz CT molecular complexity index is 571. The second kappa shape index (κ2) is 6.06. The maximum atomic E-state index is 4.33. The van der Waals surface area contributed by atoms with Gasteiger partial charge in [-0.15, -0.1) is 0 Å². The second-order valence-corrected chi connectivity index (χ2v) is 6.77. The Labute approximate surface area is 128 Å². The van der Waals surface area contributed by atoms with Crippen molar-refractivity contribution in [3.63, 3.8) is 0 Å². The number of aromatic nitrogens is 3. The first-order valence-corrected chi connectivity index (χ1v) is 7.48. The predicted octanol–water partition coefficient (Wildman–Crippen LogP) is 3.38. The monoisotopic (exact) mass is 336 g/mol. The van der Waals surface area contributed by atoms with Crippen molar-refractivity contribution < 1.29 is 0 Å². The SMILES string of the molecule is Cn1ncnc1CN(Cc1ccccc1Br)C(C)(C)C. The minimum atomic E-state index is 0.0568. The van der Waals surface area contributed by atoms with E-state index in [-0.39, 0.29) is 5.54 Å². The third-order valence-electron chi connectivity index (χ3n) is 3.41. The summed E-state index contributed by atoms with van der Waals surface area (Å²) in [5, 5.41) is 4.15. The van der Waals surface area contributed by atoms with Crippen LogP contribution in [0.2, 0.25) is 0 Å². The van der Waals surface area contributed by atoms with Gasteiger partial charge in [0.05, 0.1) is 6.54 Å². The smallest absolute Gasteiger partial charge is 0.140 e. The average Bonchev–Trinajstić information content (AvgIpc) is 2.76. The third kappa shape index (κ3) is 3.67. The van der Waals surface area contributed by atoms with Gasteiger partial charge in [0.15, 0.2) is 0 Å². The Morgan fingerprint density at radius 1 is 1.20 bits per heavy atom. The maximum Gasteiger partial charge on any atom is 0.140 e. The summed E-state index contributed by atoms with van der Waals surface area (Å²) in [6.07, 6.45) is 1.61. The molecule has 0 bridgehead atoms. The molecule has 0 N–H and O–H groups in total. The average molecular weight is 337 g/mol. The summed E-state index contributed by atoms with van der Waals surface area (Å²) in [5.74, 6) is 0.979. The van der Waals surface area contributed by atoms with E-state index < -0.39 is 0 Å². The van der Waals surface area contributed by atoms with E-state index in [2.05, 4.69) is 69.9 Å². The van der Waals surface area contributed by atoms with E-state index in [4.69, 9.17) is 0 Å². The van der Waals surface area contributed by atoms with Crippen LogP contribution in [0.3, 0.4) is 0 Å². The Morgan fingerprint density at radius 3 is 2.45 bits per heavy atom. The van der Waals surface area contributed by atoms with Crippen LogP contribution in [0, 0.1) is 0 Å². The van der Waals surface area contributed by atoms with Gasteiger partial charge in [-0.05, 0) is 32.4 Å². The molecule has 20 heavy (non-hydrogen) atoms. The van der Waals surface area contributed by atoms with Gasteiger partial charge in [-0.3, -0.25) is 9.58 Å². The minimum absolute atomic E-state index is 0.0568. The van der Waals surface area contributed by atoms with Crippen molar-refractivity contribution in [1.29, 1.82) is 0 Å². The van der Waals surface area contributed by atoms with Crippen molar-refractivity contribution in [3.8, 4) is 0 Å². The largest absolute Gasteiger partial charge is 0.287 e. The quantitative estimate of drug-likeness (QED) is 0.858. The van der Waals surface area contributed by atoms with E-state index >= 15 is 0 Å². The molecule has 0 aliphatic carbocycles. The van der Waals surface area contributed by atoms with Crippen LogP contribution in [0.4, 0.5) is 0 Å². The molecule has 0 spiro atoms. The van der Waals surface area contributed by atoms with Gasteiger partial charge in [0.2, 0.25) is 0 Å². The Kier molecular flexibility index (Phi) is 4.60. The molecule has 0 atom stereocenters. The summed E-state index contributed by atoms with van der Waals surface area (Å²) in [4.78, 5) is 6.73. The van der Waals surface area contributed by atoms with Crippen molar-refractivity contribution in [2.24, 2.45) is 7.05 Å². The molecule has 0 radical (unpaired) electrons. The summed E-state index contributed by atoms with van der Waals surface area (Å²) >= 11 is 3.62.